The van der Waals surface area contributed by atoms with Crippen molar-refractivity contribution in [2.24, 2.45) is 0 Å². The van der Waals surface area contributed by atoms with E-state index in [9.17, 15) is 5.11 Å². The fourth-order valence-corrected chi connectivity index (χ4v) is 3.27. The lowest BCUT2D eigenvalue weighted by Crippen LogP contribution is -1.98. The zero-order valence-corrected chi connectivity index (χ0v) is 17.0. The highest BCUT2D eigenvalue weighted by molar-refractivity contribution is 9.10. The number of allylic oxidation sites excluding steroid dienone is 1. The number of hydrogen-bond donors (Lipinski definition) is 1. The second-order valence-corrected chi connectivity index (χ2v) is 7.82. The number of phenolic OH excluding ortho intramolecular Hbond substituents is 1. The van der Waals surface area contributed by atoms with Crippen molar-refractivity contribution in [1.29, 1.82) is 0 Å². The topological polar surface area (TPSA) is 20.2 Å². The molecule has 3 aromatic carbocycles. The first kappa shape index (κ1) is 18.0. The summed E-state index contributed by atoms with van der Waals surface area (Å²) in [6.45, 7) is 1.93. The van der Waals surface area contributed by atoms with Gasteiger partial charge < -0.3 is 5.11 Å². The summed E-state index contributed by atoms with van der Waals surface area (Å²) in [4.78, 5) is 0. The van der Waals surface area contributed by atoms with Gasteiger partial charge in [0.25, 0.3) is 0 Å². The Kier molecular flexibility index (Phi) is 5.77. The molecule has 0 heterocycles. The molecule has 1 nitrogen and oxygen atoms in total. The van der Waals surface area contributed by atoms with Gasteiger partial charge in [0.05, 0.1) is 0 Å². The molecule has 25 heavy (non-hydrogen) atoms. The maximum Gasteiger partial charge on any atom is 0.118 e. The average molecular weight is 458 g/mol. The summed E-state index contributed by atoms with van der Waals surface area (Å²) in [6, 6.07) is 22.4. The number of aromatic hydroxyl groups is 1. The molecule has 0 bridgehead atoms. The molecular weight excluding hydrogens is 440 g/mol. The van der Waals surface area contributed by atoms with Gasteiger partial charge in [-0.2, -0.15) is 0 Å². The number of phenols is 1. The molecule has 0 amide bonds. The Morgan fingerprint density at radius 2 is 1.36 bits per heavy atom. The van der Waals surface area contributed by atoms with Gasteiger partial charge in [-0.05, 0) is 59.5 Å². The van der Waals surface area contributed by atoms with E-state index in [4.69, 9.17) is 0 Å². The monoisotopic (exact) mass is 456 g/mol. The third kappa shape index (κ3) is 4.62. The molecule has 0 radical (unpaired) electrons. The minimum atomic E-state index is 0.121. The zero-order valence-electron chi connectivity index (χ0n) is 13.8. The first-order valence-corrected chi connectivity index (χ1v) is 9.60. The third-order valence-electron chi connectivity index (χ3n) is 4.16. The predicted octanol–water partition coefficient (Wildman–Crippen LogP) is 7.07. The molecule has 0 saturated carbocycles. The molecule has 0 aliphatic heterocycles. The van der Waals surface area contributed by atoms with Crippen LogP contribution < -0.4 is 0 Å². The lowest BCUT2D eigenvalue weighted by atomic mass is 9.89. The van der Waals surface area contributed by atoms with E-state index in [1.165, 1.54) is 5.56 Å². The average Bonchev–Trinajstić information content (AvgIpc) is 2.61. The van der Waals surface area contributed by atoms with Crippen LogP contribution in [0.25, 0.3) is 6.08 Å². The fourth-order valence-electron chi connectivity index (χ4n) is 2.74. The Balaban J connectivity index is 2.00. The van der Waals surface area contributed by atoms with Gasteiger partial charge in [-0.15, -0.1) is 0 Å². The number of halogens is 2. The molecule has 1 atom stereocenters. The molecule has 0 aromatic heterocycles. The highest BCUT2D eigenvalue weighted by atomic mass is 79.9. The number of rotatable bonds is 4. The minimum Gasteiger partial charge on any atom is -0.508 e. The summed E-state index contributed by atoms with van der Waals surface area (Å²) in [6.07, 6.45) is 4.35. The van der Waals surface area contributed by atoms with Crippen LogP contribution in [0, 0.1) is 6.92 Å². The van der Waals surface area contributed by atoms with Gasteiger partial charge >= 0.3 is 0 Å². The molecular formula is C22H18Br2O. The zero-order chi connectivity index (χ0) is 17.8. The van der Waals surface area contributed by atoms with Crippen LogP contribution in [-0.4, -0.2) is 5.11 Å². The van der Waals surface area contributed by atoms with Crippen molar-refractivity contribution in [2.45, 2.75) is 12.8 Å². The molecule has 1 unspecified atom stereocenters. The standard InChI is InChI=1S/C22H18Br2O/c1-15-14-18(7-13-22(15)25)21(17-5-10-20(24)11-6-17)12-4-16-2-8-19(23)9-3-16/h2-14,21,25H,1H3/b12-4+. The molecule has 0 aliphatic carbocycles. The van der Waals surface area contributed by atoms with E-state index in [1.54, 1.807) is 6.07 Å². The molecule has 1 N–H and O–H groups in total. The maximum absolute atomic E-state index is 9.84. The van der Waals surface area contributed by atoms with Gasteiger partial charge in [0, 0.05) is 14.9 Å². The molecule has 126 valence electrons. The maximum atomic E-state index is 9.84. The molecule has 3 rings (SSSR count). The minimum absolute atomic E-state index is 0.121. The van der Waals surface area contributed by atoms with Gasteiger partial charge in [0.1, 0.15) is 5.75 Å². The molecule has 0 spiro atoms. The number of benzene rings is 3. The van der Waals surface area contributed by atoms with Crippen LogP contribution in [0.4, 0.5) is 0 Å². The van der Waals surface area contributed by atoms with Crippen LogP contribution in [0.2, 0.25) is 0 Å². The third-order valence-corrected chi connectivity index (χ3v) is 5.22. The summed E-state index contributed by atoms with van der Waals surface area (Å²) >= 11 is 6.97. The van der Waals surface area contributed by atoms with Gasteiger partial charge in [0.15, 0.2) is 0 Å². The smallest absolute Gasteiger partial charge is 0.118 e. The Labute approximate surface area is 165 Å². The summed E-state index contributed by atoms with van der Waals surface area (Å²) in [7, 11) is 0. The summed E-state index contributed by atoms with van der Waals surface area (Å²) < 4.78 is 2.14. The quantitative estimate of drug-likeness (QED) is 0.444. The Morgan fingerprint density at radius 1 is 0.800 bits per heavy atom. The Bertz CT molecular complexity index is 881. The largest absolute Gasteiger partial charge is 0.508 e. The molecule has 3 heteroatoms. The summed E-state index contributed by atoms with van der Waals surface area (Å²) in [5.74, 6) is 0.450. The first-order valence-electron chi connectivity index (χ1n) is 8.02. The van der Waals surface area contributed by atoms with Crippen molar-refractivity contribution in [3.05, 3.63) is 104 Å². The van der Waals surface area contributed by atoms with E-state index in [2.05, 4.69) is 80.4 Å². The van der Waals surface area contributed by atoms with Crippen molar-refractivity contribution in [2.75, 3.05) is 0 Å². The van der Waals surface area contributed by atoms with E-state index < -0.39 is 0 Å². The van der Waals surface area contributed by atoms with E-state index in [1.807, 2.05) is 31.2 Å². The van der Waals surface area contributed by atoms with Crippen molar-refractivity contribution < 1.29 is 5.11 Å². The van der Waals surface area contributed by atoms with Gasteiger partial charge in [0.2, 0.25) is 0 Å². The van der Waals surface area contributed by atoms with Crippen LogP contribution in [0.5, 0.6) is 5.75 Å². The van der Waals surface area contributed by atoms with Crippen molar-refractivity contribution in [3.8, 4) is 5.75 Å². The predicted molar refractivity (Wildman–Crippen MR) is 112 cm³/mol. The molecule has 0 fully saturated rings. The highest BCUT2D eigenvalue weighted by Crippen LogP contribution is 2.31. The van der Waals surface area contributed by atoms with Crippen LogP contribution in [-0.2, 0) is 0 Å². The number of hydrogen-bond acceptors (Lipinski definition) is 1. The lowest BCUT2D eigenvalue weighted by molar-refractivity contribution is 0.471. The normalized spacial score (nSPS) is 12.4. The van der Waals surface area contributed by atoms with E-state index in [-0.39, 0.29) is 5.92 Å². The molecule has 0 aliphatic rings. The lowest BCUT2D eigenvalue weighted by Gasteiger charge is -2.15. The Morgan fingerprint density at radius 3 is 1.96 bits per heavy atom. The van der Waals surface area contributed by atoms with Gasteiger partial charge in [-0.25, -0.2) is 0 Å². The fraction of sp³-hybridized carbons (Fsp3) is 0.0909. The van der Waals surface area contributed by atoms with Crippen LogP contribution in [0.1, 0.15) is 28.2 Å². The van der Waals surface area contributed by atoms with E-state index in [0.717, 1.165) is 25.6 Å². The van der Waals surface area contributed by atoms with Crippen LogP contribution in [0.15, 0.2) is 81.8 Å². The summed E-state index contributed by atoms with van der Waals surface area (Å²) in [5.41, 5.74) is 4.41. The van der Waals surface area contributed by atoms with Crippen molar-refractivity contribution in [1.82, 2.24) is 0 Å². The van der Waals surface area contributed by atoms with E-state index in [0.29, 0.717) is 5.75 Å². The summed E-state index contributed by atoms with van der Waals surface area (Å²) in [5, 5.41) is 9.84. The van der Waals surface area contributed by atoms with Crippen LogP contribution >= 0.6 is 31.9 Å². The highest BCUT2D eigenvalue weighted by Gasteiger charge is 2.12. The molecule has 3 aromatic rings. The van der Waals surface area contributed by atoms with Gasteiger partial charge in [-0.3, -0.25) is 0 Å². The van der Waals surface area contributed by atoms with Crippen molar-refractivity contribution in [3.63, 3.8) is 0 Å². The molecule has 0 saturated heterocycles. The second kappa shape index (κ2) is 8.03. The van der Waals surface area contributed by atoms with Crippen molar-refractivity contribution >= 4 is 37.9 Å². The number of aryl methyl sites for hydroxylation is 1. The van der Waals surface area contributed by atoms with Gasteiger partial charge in [-0.1, -0.05) is 80.4 Å². The SMILES string of the molecule is Cc1cc(C(/C=C/c2ccc(Br)cc2)c2ccc(Br)cc2)ccc1O. The second-order valence-electron chi connectivity index (χ2n) is 5.99. The van der Waals surface area contributed by atoms with E-state index >= 15 is 0 Å². The Hall–Kier alpha value is -1.84. The van der Waals surface area contributed by atoms with Crippen LogP contribution in [0.3, 0.4) is 0 Å². The first-order chi connectivity index (χ1) is 12.0.